The fourth-order valence-corrected chi connectivity index (χ4v) is 2.20. The summed E-state index contributed by atoms with van der Waals surface area (Å²) < 4.78 is 5.73. The van der Waals surface area contributed by atoms with Gasteiger partial charge in [0.25, 0.3) is 5.91 Å². The Labute approximate surface area is 108 Å². The number of carbonyl (C=O) groups is 1. The molecule has 2 N–H and O–H groups in total. The van der Waals surface area contributed by atoms with E-state index in [2.05, 4.69) is 22.5 Å². The number of ether oxygens (including phenoxy) is 1. The van der Waals surface area contributed by atoms with Gasteiger partial charge in [0.2, 0.25) is 0 Å². The number of rotatable bonds is 3. The van der Waals surface area contributed by atoms with Gasteiger partial charge in [-0.15, -0.1) is 0 Å². The van der Waals surface area contributed by atoms with Gasteiger partial charge in [0.05, 0.1) is 12.6 Å². The third-order valence-corrected chi connectivity index (χ3v) is 3.23. The summed E-state index contributed by atoms with van der Waals surface area (Å²) in [4.78, 5) is 17.7. The molecule has 0 radical (unpaired) electrons. The molecule has 3 unspecified atom stereocenters. The molecule has 6 nitrogen and oxygen atoms in total. The Morgan fingerprint density at radius 2 is 2.33 bits per heavy atom. The molecule has 0 spiro atoms. The Morgan fingerprint density at radius 1 is 1.56 bits per heavy atom. The van der Waals surface area contributed by atoms with Crippen LogP contribution in [0.25, 0.3) is 0 Å². The molecule has 0 aromatic rings. The van der Waals surface area contributed by atoms with Gasteiger partial charge in [-0.2, -0.15) is 0 Å². The van der Waals surface area contributed by atoms with Gasteiger partial charge in [0.15, 0.2) is 5.96 Å². The van der Waals surface area contributed by atoms with Crippen molar-refractivity contribution in [1.82, 2.24) is 15.5 Å². The first-order valence-electron chi connectivity index (χ1n) is 6.47. The normalized spacial score (nSPS) is 30.8. The van der Waals surface area contributed by atoms with Gasteiger partial charge >= 0.3 is 0 Å². The van der Waals surface area contributed by atoms with Crippen LogP contribution in [0.1, 0.15) is 19.8 Å². The maximum absolute atomic E-state index is 11.7. The van der Waals surface area contributed by atoms with E-state index >= 15 is 0 Å². The third-order valence-electron chi connectivity index (χ3n) is 3.23. The fourth-order valence-electron chi connectivity index (χ4n) is 2.20. The van der Waals surface area contributed by atoms with Crippen LogP contribution >= 0.6 is 0 Å². The smallest absolute Gasteiger partial charge is 0.251 e. The summed E-state index contributed by atoms with van der Waals surface area (Å²) in [7, 11) is 3.52. The summed E-state index contributed by atoms with van der Waals surface area (Å²) in [6.45, 7) is 3.61. The van der Waals surface area contributed by atoms with Crippen LogP contribution in [0.2, 0.25) is 0 Å². The molecule has 102 valence electrons. The van der Waals surface area contributed by atoms with Gasteiger partial charge in [-0.3, -0.25) is 9.79 Å². The topological polar surface area (TPSA) is 66.0 Å². The first-order chi connectivity index (χ1) is 8.56. The summed E-state index contributed by atoms with van der Waals surface area (Å²) in [6, 6.07) is 0.403. The van der Waals surface area contributed by atoms with Crippen LogP contribution in [-0.4, -0.2) is 62.2 Å². The summed E-state index contributed by atoms with van der Waals surface area (Å²) in [5.41, 5.74) is 0. The van der Waals surface area contributed by atoms with Crippen LogP contribution < -0.4 is 10.6 Å². The van der Waals surface area contributed by atoms with E-state index in [4.69, 9.17) is 4.74 Å². The third kappa shape index (κ3) is 3.13. The van der Waals surface area contributed by atoms with Gasteiger partial charge < -0.3 is 20.3 Å². The summed E-state index contributed by atoms with van der Waals surface area (Å²) in [5.74, 6) is 0.899. The molecule has 0 aliphatic carbocycles. The number of hydrogen-bond donors (Lipinski definition) is 2. The second-order valence-electron chi connectivity index (χ2n) is 5.17. The molecule has 1 fully saturated rings. The Hall–Kier alpha value is -1.30. The van der Waals surface area contributed by atoms with E-state index in [1.54, 1.807) is 19.0 Å². The Kier molecular flexibility index (Phi) is 4.06. The number of likely N-dealkylation sites (N-methyl/N-ethyl adjacent to an activating group) is 1. The standard InChI is InChI=1S/C12H22N4O2/c1-8-6-13-12(15-8)14-7-9-4-5-10(18-9)11(17)16(2)3/h8-10H,4-7H2,1-3H3,(H2,13,14,15). The molecule has 3 atom stereocenters. The highest BCUT2D eigenvalue weighted by molar-refractivity contribution is 5.82. The maximum Gasteiger partial charge on any atom is 0.251 e. The SMILES string of the molecule is CC1CN=C(NCC2CCC(C(=O)N(C)C)O2)N1. The molecule has 2 heterocycles. The number of guanidine groups is 1. The number of hydrogen-bond acceptors (Lipinski definition) is 5. The molecule has 1 saturated heterocycles. The highest BCUT2D eigenvalue weighted by atomic mass is 16.5. The number of nitrogens with one attached hydrogen (secondary N) is 2. The summed E-state index contributed by atoms with van der Waals surface area (Å²) in [6.07, 6.45) is 1.54. The van der Waals surface area contributed by atoms with Crippen LogP contribution in [-0.2, 0) is 9.53 Å². The van der Waals surface area contributed by atoms with Crippen LogP contribution in [0, 0.1) is 0 Å². The maximum atomic E-state index is 11.7. The fraction of sp³-hybridized carbons (Fsp3) is 0.833. The molecule has 0 saturated carbocycles. The minimum absolute atomic E-state index is 0.0578. The second-order valence-corrected chi connectivity index (χ2v) is 5.17. The molecule has 6 heteroatoms. The average Bonchev–Trinajstić information content (AvgIpc) is 2.94. The van der Waals surface area contributed by atoms with Gasteiger partial charge in [-0.1, -0.05) is 0 Å². The van der Waals surface area contributed by atoms with Gasteiger partial charge in [0.1, 0.15) is 6.10 Å². The molecule has 0 aromatic heterocycles. The first kappa shape index (κ1) is 13.1. The predicted octanol–water partition coefficient (Wildman–Crippen LogP) is -0.440. The van der Waals surface area contributed by atoms with Gasteiger partial charge in [0, 0.05) is 26.7 Å². The van der Waals surface area contributed by atoms with Crippen molar-refractivity contribution in [1.29, 1.82) is 0 Å². The van der Waals surface area contributed by atoms with E-state index in [1.807, 2.05) is 0 Å². The predicted molar refractivity (Wildman–Crippen MR) is 69.5 cm³/mol. The zero-order valence-electron chi connectivity index (χ0n) is 11.3. The van der Waals surface area contributed by atoms with Crippen molar-refractivity contribution >= 4 is 11.9 Å². The lowest BCUT2D eigenvalue weighted by molar-refractivity contribution is -0.140. The van der Waals surface area contributed by atoms with Crippen molar-refractivity contribution in [2.24, 2.45) is 4.99 Å². The lowest BCUT2D eigenvalue weighted by Crippen LogP contribution is -2.41. The molecule has 2 aliphatic heterocycles. The van der Waals surface area contributed by atoms with Crippen LogP contribution in [0.5, 0.6) is 0 Å². The zero-order chi connectivity index (χ0) is 13.1. The van der Waals surface area contributed by atoms with Crippen molar-refractivity contribution in [3.05, 3.63) is 0 Å². The largest absolute Gasteiger partial charge is 0.363 e. The van der Waals surface area contributed by atoms with E-state index in [1.165, 1.54) is 0 Å². The van der Waals surface area contributed by atoms with E-state index < -0.39 is 0 Å². The zero-order valence-corrected chi connectivity index (χ0v) is 11.3. The van der Waals surface area contributed by atoms with Crippen molar-refractivity contribution < 1.29 is 9.53 Å². The monoisotopic (exact) mass is 254 g/mol. The lowest BCUT2D eigenvalue weighted by atomic mass is 10.2. The summed E-state index contributed by atoms with van der Waals surface area (Å²) >= 11 is 0. The van der Waals surface area contributed by atoms with E-state index in [0.29, 0.717) is 12.6 Å². The molecule has 0 bridgehead atoms. The molecule has 18 heavy (non-hydrogen) atoms. The molecule has 1 amide bonds. The molecule has 2 rings (SSSR count). The number of carbonyl (C=O) groups excluding carboxylic acids is 1. The van der Waals surface area contributed by atoms with Crippen molar-refractivity contribution in [3.63, 3.8) is 0 Å². The van der Waals surface area contributed by atoms with E-state index in [-0.39, 0.29) is 18.1 Å². The van der Waals surface area contributed by atoms with Gasteiger partial charge in [-0.05, 0) is 19.8 Å². The lowest BCUT2D eigenvalue weighted by Gasteiger charge is -2.18. The Balaban J connectivity index is 1.71. The Bertz CT molecular complexity index is 343. The van der Waals surface area contributed by atoms with Gasteiger partial charge in [-0.25, -0.2) is 0 Å². The Morgan fingerprint density at radius 3 is 2.94 bits per heavy atom. The number of aliphatic imine (C=N–C) groups is 1. The molecule has 2 aliphatic rings. The first-order valence-corrected chi connectivity index (χ1v) is 6.47. The molecular formula is C12H22N4O2. The molecular weight excluding hydrogens is 232 g/mol. The van der Waals surface area contributed by atoms with Crippen molar-refractivity contribution in [3.8, 4) is 0 Å². The highest BCUT2D eigenvalue weighted by Gasteiger charge is 2.31. The van der Waals surface area contributed by atoms with Crippen LogP contribution in [0.3, 0.4) is 0 Å². The minimum atomic E-state index is -0.274. The quantitative estimate of drug-likeness (QED) is 0.716. The number of amides is 1. The van der Waals surface area contributed by atoms with Crippen molar-refractivity contribution in [2.45, 2.75) is 38.0 Å². The van der Waals surface area contributed by atoms with Crippen LogP contribution in [0.4, 0.5) is 0 Å². The van der Waals surface area contributed by atoms with E-state index in [9.17, 15) is 4.79 Å². The number of nitrogens with zero attached hydrogens (tertiary/aromatic N) is 2. The van der Waals surface area contributed by atoms with Crippen molar-refractivity contribution in [2.75, 3.05) is 27.2 Å². The van der Waals surface area contributed by atoms with Crippen LogP contribution in [0.15, 0.2) is 4.99 Å². The van der Waals surface area contributed by atoms with E-state index in [0.717, 1.165) is 25.3 Å². The highest BCUT2D eigenvalue weighted by Crippen LogP contribution is 2.20. The molecule has 0 aromatic carbocycles. The average molecular weight is 254 g/mol. The second kappa shape index (κ2) is 5.56. The minimum Gasteiger partial charge on any atom is -0.363 e. The summed E-state index contributed by atoms with van der Waals surface area (Å²) in [5, 5.41) is 6.47.